The SMILES string of the molecule is CCCNCC(O)Cn1ccnc1C#N. The van der Waals surface area contributed by atoms with Gasteiger partial charge in [0, 0.05) is 18.9 Å². The molecule has 0 aromatic carbocycles. The van der Waals surface area contributed by atoms with Gasteiger partial charge in [0.1, 0.15) is 6.07 Å². The van der Waals surface area contributed by atoms with Gasteiger partial charge in [0.05, 0.1) is 12.6 Å². The zero-order valence-corrected chi connectivity index (χ0v) is 8.85. The Morgan fingerprint density at radius 1 is 1.73 bits per heavy atom. The fraction of sp³-hybridized carbons (Fsp3) is 0.600. The van der Waals surface area contributed by atoms with Crippen LogP contribution in [0.25, 0.3) is 0 Å². The van der Waals surface area contributed by atoms with Crippen LogP contribution < -0.4 is 5.32 Å². The number of rotatable bonds is 6. The average Bonchev–Trinajstić information content (AvgIpc) is 2.65. The fourth-order valence-corrected chi connectivity index (χ4v) is 1.31. The lowest BCUT2D eigenvalue weighted by Crippen LogP contribution is -2.30. The Hall–Kier alpha value is -1.38. The van der Waals surface area contributed by atoms with Gasteiger partial charge in [-0.15, -0.1) is 0 Å². The van der Waals surface area contributed by atoms with Crippen molar-refractivity contribution in [3.8, 4) is 6.07 Å². The number of nitrogens with zero attached hydrogens (tertiary/aromatic N) is 3. The lowest BCUT2D eigenvalue weighted by Gasteiger charge is -2.12. The summed E-state index contributed by atoms with van der Waals surface area (Å²) in [6.45, 7) is 3.91. The number of aromatic nitrogens is 2. The van der Waals surface area contributed by atoms with Crippen molar-refractivity contribution < 1.29 is 5.11 Å². The van der Waals surface area contributed by atoms with E-state index in [0.29, 0.717) is 18.9 Å². The van der Waals surface area contributed by atoms with Crippen LogP contribution in [0.2, 0.25) is 0 Å². The molecule has 0 bridgehead atoms. The van der Waals surface area contributed by atoms with Crippen molar-refractivity contribution >= 4 is 0 Å². The molecule has 5 heteroatoms. The summed E-state index contributed by atoms with van der Waals surface area (Å²) >= 11 is 0. The van der Waals surface area contributed by atoms with E-state index in [4.69, 9.17) is 5.26 Å². The van der Waals surface area contributed by atoms with Gasteiger partial charge in [-0.05, 0) is 13.0 Å². The Balaban J connectivity index is 2.38. The highest BCUT2D eigenvalue weighted by atomic mass is 16.3. The van der Waals surface area contributed by atoms with Crippen LogP contribution in [0.15, 0.2) is 12.4 Å². The van der Waals surface area contributed by atoms with Crippen LogP contribution in [-0.2, 0) is 6.54 Å². The summed E-state index contributed by atoms with van der Waals surface area (Å²) in [6.07, 6.45) is 3.81. The van der Waals surface area contributed by atoms with Gasteiger partial charge in [0.2, 0.25) is 5.82 Å². The Bertz CT molecular complexity index is 328. The average molecular weight is 208 g/mol. The zero-order valence-electron chi connectivity index (χ0n) is 8.85. The number of aliphatic hydroxyl groups is 1. The molecule has 0 aliphatic heterocycles. The third-order valence-electron chi connectivity index (χ3n) is 2.03. The first kappa shape index (κ1) is 11.7. The standard InChI is InChI=1S/C10H16N4O/c1-2-3-12-7-9(15)8-14-5-4-13-10(14)6-11/h4-5,9,12,15H,2-3,7-8H2,1H3. The third kappa shape index (κ3) is 3.70. The maximum Gasteiger partial charge on any atom is 0.212 e. The zero-order chi connectivity index (χ0) is 11.1. The molecule has 0 radical (unpaired) electrons. The molecule has 0 fully saturated rings. The first-order valence-corrected chi connectivity index (χ1v) is 5.08. The summed E-state index contributed by atoms with van der Waals surface area (Å²) in [7, 11) is 0. The van der Waals surface area contributed by atoms with E-state index >= 15 is 0 Å². The molecule has 0 saturated carbocycles. The minimum absolute atomic E-state index is 0.338. The molecule has 1 aromatic rings. The number of aliphatic hydroxyl groups excluding tert-OH is 1. The van der Waals surface area contributed by atoms with E-state index in [1.807, 2.05) is 6.07 Å². The quantitative estimate of drug-likeness (QED) is 0.651. The van der Waals surface area contributed by atoms with Gasteiger partial charge in [0.15, 0.2) is 0 Å². The van der Waals surface area contributed by atoms with Gasteiger partial charge in [-0.1, -0.05) is 6.92 Å². The predicted molar refractivity (Wildman–Crippen MR) is 56.1 cm³/mol. The van der Waals surface area contributed by atoms with Crippen LogP contribution in [0.4, 0.5) is 0 Å². The van der Waals surface area contributed by atoms with Crippen molar-refractivity contribution in [2.24, 2.45) is 0 Å². The molecule has 1 rings (SSSR count). The van der Waals surface area contributed by atoms with Gasteiger partial charge in [-0.2, -0.15) is 5.26 Å². The van der Waals surface area contributed by atoms with Gasteiger partial charge in [0.25, 0.3) is 0 Å². The van der Waals surface area contributed by atoms with Crippen LogP contribution in [0, 0.1) is 11.3 Å². The summed E-state index contributed by atoms with van der Waals surface area (Å²) in [6, 6.07) is 1.97. The van der Waals surface area contributed by atoms with Gasteiger partial charge >= 0.3 is 0 Å². The Morgan fingerprint density at radius 2 is 2.53 bits per heavy atom. The molecule has 2 N–H and O–H groups in total. The number of hydrogen-bond acceptors (Lipinski definition) is 4. The smallest absolute Gasteiger partial charge is 0.212 e. The molecule has 1 aromatic heterocycles. The summed E-state index contributed by atoms with van der Waals surface area (Å²) in [4.78, 5) is 3.85. The first-order valence-electron chi connectivity index (χ1n) is 5.08. The highest BCUT2D eigenvalue weighted by Gasteiger charge is 2.07. The van der Waals surface area contributed by atoms with Crippen molar-refractivity contribution in [2.45, 2.75) is 26.0 Å². The molecule has 15 heavy (non-hydrogen) atoms. The molecule has 1 unspecified atom stereocenters. The van der Waals surface area contributed by atoms with E-state index in [1.165, 1.54) is 0 Å². The molecule has 1 atom stereocenters. The minimum Gasteiger partial charge on any atom is -0.390 e. The summed E-state index contributed by atoms with van der Waals surface area (Å²) in [5.74, 6) is 0.338. The van der Waals surface area contributed by atoms with E-state index in [-0.39, 0.29) is 0 Å². The normalized spacial score (nSPS) is 12.3. The molecule has 82 valence electrons. The molecular weight excluding hydrogens is 192 g/mol. The predicted octanol–water partition coefficient (Wildman–Crippen LogP) is 0.115. The van der Waals surface area contributed by atoms with E-state index in [0.717, 1.165) is 13.0 Å². The van der Waals surface area contributed by atoms with Gasteiger partial charge in [-0.25, -0.2) is 4.98 Å². The monoisotopic (exact) mass is 208 g/mol. The summed E-state index contributed by atoms with van der Waals surface area (Å²) < 4.78 is 1.65. The second-order valence-electron chi connectivity index (χ2n) is 3.37. The largest absolute Gasteiger partial charge is 0.390 e. The van der Waals surface area contributed by atoms with Gasteiger partial charge < -0.3 is 15.0 Å². The molecule has 0 aliphatic rings. The molecule has 1 heterocycles. The third-order valence-corrected chi connectivity index (χ3v) is 2.03. The van der Waals surface area contributed by atoms with E-state index in [9.17, 15) is 5.11 Å². The number of imidazole rings is 1. The molecule has 0 spiro atoms. The van der Waals surface area contributed by atoms with E-state index in [2.05, 4.69) is 17.2 Å². The van der Waals surface area contributed by atoms with Gasteiger partial charge in [-0.3, -0.25) is 0 Å². The number of hydrogen-bond donors (Lipinski definition) is 2. The fourth-order valence-electron chi connectivity index (χ4n) is 1.31. The molecule has 5 nitrogen and oxygen atoms in total. The summed E-state index contributed by atoms with van der Waals surface area (Å²) in [5, 5.41) is 21.5. The maximum atomic E-state index is 9.65. The van der Waals surface area contributed by atoms with E-state index < -0.39 is 6.10 Å². The Labute approximate surface area is 89.4 Å². The minimum atomic E-state index is -0.488. The second kappa shape index (κ2) is 6.17. The molecule has 0 amide bonds. The second-order valence-corrected chi connectivity index (χ2v) is 3.37. The highest BCUT2D eigenvalue weighted by Crippen LogP contribution is 1.97. The molecule has 0 aliphatic carbocycles. The number of nitrogens with one attached hydrogen (secondary N) is 1. The molecule has 0 saturated heterocycles. The topological polar surface area (TPSA) is 73.9 Å². The highest BCUT2D eigenvalue weighted by molar-refractivity contribution is 5.11. The Kier molecular flexibility index (Phi) is 4.81. The Morgan fingerprint density at radius 3 is 3.20 bits per heavy atom. The summed E-state index contributed by atoms with van der Waals surface area (Å²) in [5.41, 5.74) is 0. The van der Waals surface area contributed by atoms with Crippen LogP contribution in [0.1, 0.15) is 19.2 Å². The van der Waals surface area contributed by atoms with Crippen molar-refractivity contribution in [3.63, 3.8) is 0 Å². The maximum absolute atomic E-state index is 9.65. The number of nitriles is 1. The lowest BCUT2D eigenvalue weighted by molar-refractivity contribution is 0.151. The van der Waals surface area contributed by atoms with Crippen molar-refractivity contribution in [3.05, 3.63) is 18.2 Å². The lowest BCUT2D eigenvalue weighted by atomic mass is 10.3. The van der Waals surface area contributed by atoms with Crippen molar-refractivity contribution in [2.75, 3.05) is 13.1 Å². The van der Waals surface area contributed by atoms with E-state index in [1.54, 1.807) is 17.0 Å². The van der Waals surface area contributed by atoms with Crippen LogP contribution >= 0.6 is 0 Å². The van der Waals surface area contributed by atoms with Crippen molar-refractivity contribution in [1.29, 1.82) is 5.26 Å². The molecular formula is C10H16N4O. The van der Waals surface area contributed by atoms with Crippen LogP contribution in [0.3, 0.4) is 0 Å². The first-order chi connectivity index (χ1) is 7.27. The van der Waals surface area contributed by atoms with Crippen LogP contribution in [0.5, 0.6) is 0 Å². The van der Waals surface area contributed by atoms with Crippen LogP contribution in [-0.4, -0.2) is 33.9 Å². The van der Waals surface area contributed by atoms with Crippen molar-refractivity contribution in [1.82, 2.24) is 14.9 Å².